The monoisotopic (exact) mass is 258 g/mol. The molecule has 2 N–H and O–H groups in total. The summed E-state index contributed by atoms with van der Waals surface area (Å²) in [6, 6.07) is 0. The minimum Gasteiger partial charge on any atom is -0.481 e. The average Bonchev–Trinajstić information content (AvgIpc) is 2.13. The molecule has 0 fully saturated rings. The SMILES string of the molecule is CN(C)CCCCNC(=O)CC(C)(C)CC(=O)O. The van der Waals surface area contributed by atoms with Crippen LogP contribution >= 0.6 is 0 Å². The molecule has 0 heterocycles. The first-order valence-electron chi connectivity index (χ1n) is 6.36. The first-order valence-corrected chi connectivity index (χ1v) is 6.36. The van der Waals surface area contributed by atoms with Crippen LogP contribution in [0.15, 0.2) is 0 Å². The Balaban J connectivity index is 3.74. The van der Waals surface area contributed by atoms with Gasteiger partial charge in [-0.1, -0.05) is 13.8 Å². The zero-order valence-corrected chi connectivity index (χ0v) is 12.0. The van der Waals surface area contributed by atoms with Crippen molar-refractivity contribution >= 4 is 11.9 Å². The van der Waals surface area contributed by atoms with Crippen molar-refractivity contribution in [3.05, 3.63) is 0 Å². The Morgan fingerprint density at radius 2 is 1.78 bits per heavy atom. The van der Waals surface area contributed by atoms with Gasteiger partial charge in [0.15, 0.2) is 0 Å². The first-order chi connectivity index (χ1) is 8.23. The van der Waals surface area contributed by atoms with Crippen molar-refractivity contribution in [3.8, 4) is 0 Å². The van der Waals surface area contributed by atoms with E-state index in [1.54, 1.807) is 13.8 Å². The fourth-order valence-electron chi connectivity index (χ4n) is 1.75. The third-order valence-corrected chi connectivity index (χ3v) is 2.62. The van der Waals surface area contributed by atoms with Crippen molar-refractivity contribution in [1.82, 2.24) is 10.2 Å². The zero-order valence-electron chi connectivity index (χ0n) is 12.0. The number of carbonyl (C=O) groups excluding carboxylic acids is 1. The molecule has 0 saturated heterocycles. The molecule has 0 aromatic rings. The molecule has 0 saturated carbocycles. The lowest BCUT2D eigenvalue weighted by Crippen LogP contribution is -2.31. The van der Waals surface area contributed by atoms with Crippen LogP contribution in [-0.2, 0) is 9.59 Å². The Morgan fingerprint density at radius 1 is 1.17 bits per heavy atom. The van der Waals surface area contributed by atoms with E-state index < -0.39 is 11.4 Å². The van der Waals surface area contributed by atoms with E-state index in [9.17, 15) is 9.59 Å². The highest BCUT2D eigenvalue weighted by molar-refractivity contribution is 5.77. The molecule has 0 aliphatic carbocycles. The van der Waals surface area contributed by atoms with Crippen molar-refractivity contribution in [3.63, 3.8) is 0 Å². The molecule has 0 aliphatic heterocycles. The summed E-state index contributed by atoms with van der Waals surface area (Å²) in [6.07, 6.45) is 2.27. The van der Waals surface area contributed by atoms with Crippen LogP contribution in [0.25, 0.3) is 0 Å². The van der Waals surface area contributed by atoms with Gasteiger partial charge in [-0.05, 0) is 38.9 Å². The zero-order chi connectivity index (χ0) is 14.2. The second-order valence-corrected chi connectivity index (χ2v) is 5.77. The second-order valence-electron chi connectivity index (χ2n) is 5.77. The standard InChI is InChI=1S/C13H26N2O3/c1-13(2,10-12(17)18)9-11(16)14-7-5-6-8-15(3)4/h5-10H2,1-4H3,(H,14,16)(H,17,18). The number of hydrogen-bond donors (Lipinski definition) is 2. The highest BCUT2D eigenvalue weighted by Crippen LogP contribution is 2.24. The van der Waals surface area contributed by atoms with Gasteiger partial charge in [0.25, 0.3) is 0 Å². The van der Waals surface area contributed by atoms with Gasteiger partial charge >= 0.3 is 5.97 Å². The van der Waals surface area contributed by atoms with E-state index >= 15 is 0 Å². The van der Waals surface area contributed by atoms with Crippen molar-refractivity contribution < 1.29 is 14.7 Å². The number of aliphatic carboxylic acids is 1. The molecule has 0 aromatic heterocycles. The summed E-state index contributed by atoms with van der Waals surface area (Å²) >= 11 is 0. The van der Waals surface area contributed by atoms with Gasteiger partial charge in [0.2, 0.25) is 5.91 Å². The summed E-state index contributed by atoms with van der Waals surface area (Å²) in [6.45, 7) is 5.27. The maximum absolute atomic E-state index is 11.6. The normalized spacial score (nSPS) is 11.6. The van der Waals surface area contributed by atoms with Crippen LogP contribution in [0.3, 0.4) is 0 Å². The average molecular weight is 258 g/mol. The molecular formula is C13H26N2O3. The Bertz CT molecular complexity index is 275. The Labute approximate surface area is 110 Å². The van der Waals surface area contributed by atoms with E-state index in [0.717, 1.165) is 19.4 Å². The van der Waals surface area contributed by atoms with Gasteiger partial charge in [0, 0.05) is 13.0 Å². The van der Waals surface area contributed by atoms with E-state index in [-0.39, 0.29) is 18.7 Å². The number of carbonyl (C=O) groups is 2. The number of amides is 1. The molecule has 1 amide bonds. The van der Waals surface area contributed by atoms with Crippen LogP contribution in [-0.4, -0.2) is 49.1 Å². The fourth-order valence-corrected chi connectivity index (χ4v) is 1.75. The number of carboxylic acid groups (broad SMARTS) is 1. The quantitative estimate of drug-likeness (QED) is 0.612. The van der Waals surface area contributed by atoms with Gasteiger partial charge in [-0.2, -0.15) is 0 Å². The molecule has 0 atom stereocenters. The van der Waals surface area contributed by atoms with Crippen molar-refractivity contribution in [2.75, 3.05) is 27.2 Å². The molecule has 5 heteroatoms. The van der Waals surface area contributed by atoms with Gasteiger partial charge in [-0.3, -0.25) is 9.59 Å². The van der Waals surface area contributed by atoms with Crippen molar-refractivity contribution in [2.24, 2.45) is 5.41 Å². The maximum Gasteiger partial charge on any atom is 0.303 e. The highest BCUT2D eigenvalue weighted by atomic mass is 16.4. The summed E-state index contributed by atoms with van der Waals surface area (Å²) < 4.78 is 0. The van der Waals surface area contributed by atoms with Crippen LogP contribution in [0.2, 0.25) is 0 Å². The first kappa shape index (κ1) is 16.9. The number of nitrogens with zero attached hydrogens (tertiary/aromatic N) is 1. The van der Waals surface area contributed by atoms with Crippen molar-refractivity contribution in [2.45, 2.75) is 39.5 Å². The van der Waals surface area contributed by atoms with E-state index in [0.29, 0.717) is 6.54 Å². The maximum atomic E-state index is 11.6. The fraction of sp³-hybridized carbons (Fsp3) is 0.846. The summed E-state index contributed by atoms with van der Waals surface area (Å²) in [5.41, 5.74) is -0.487. The largest absolute Gasteiger partial charge is 0.481 e. The summed E-state index contributed by atoms with van der Waals surface area (Å²) in [7, 11) is 4.04. The van der Waals surface area contributed by atoms with Crippen LogP contribution in [0.1, 0.15) is 39.5 Å². The molecular weight excluding hydrogens is 232 g/mol. The second kappa shape index (κ2) is 8.08. The summed E-state index contributed by atoms with van der Waals surface area (Å²) in [5, 5.41) is 11.6. The van der Waals surface area contributed by atoms with Gasteiger partial charge in [-0.25, -0.2) is 0 Å². The van der Waals surface area contributed by atoms with E-state index in [1.807, 2.05) is 14.1 Å². The third-order valence-electron chi connectivity index (χ3n) is 2.62. The topological polar surface area (TPSA) is 69.6 Å². The number of hydrogen-bond acceptors (Lipinski definition) is 3. The smallest absolute Gasteiger partial charge is 0.303 e. The molecule has 18 heavy (non-hydrogen) atoms. The van der Waals surface area contributed by atoms with Crippen LogP contribution in [0.4, 0.5) is 0 Å². The Morgan fingerprint density at radius 3 is 2.28 bits per heavy atom. The van der Waals surface area contributed by atoms with Gasteiger partial charge < -0.3 is 15.3 Å². The number of rotatable bonds is 9. The molecule has 106 valence electrons. The predicted molar refractivity (Wildman–Crippen MR) is 71.4 cm³/mol. The molecule has 0 spiro atoms. The van der Waals surface area contributed by atoms with E-state index in [1.165, 1.54) is 0 Å². The molecule has 0 bridgehead atoms. The lowest BCUT2D eigenvalue weighted by molar-refractivity contribution is -0.139. The highest BCUT2D eigenvalue weighted by Gasteiger charge is 2.24. The Hall–Kier alpha value is -1.10. The number of carboxylic acids is 1. The van der Waals surface area contributed by atoms with E-state index in [2.05, 4.69) is 10.2 Å². The van der Waals surface area contributed by atoms with Crippen LogP contribution in [0, 0.1) is 5.41 Å². The minimum atomic E-state index is -0.862. The molecule has 0 unspecified atom stereocenters. The van der Waals surface area contributed by atoms with Crippen molar-refractivity contribution in [1.29, 1.82) is 0 Å². The van der Waals surface area contributed by atoms with E-state index in [4.69, 9.17) is 5.11 Å². The van der Waals surface area contributed by atoms with Gasteiger partial charge in [-0.15, -0.1) is 0 Å². The lowest BCUT2D eigenvalue weighted by atomic mass is 9.85. The summed E-state index contributed by atoms with van der Waals surface area (Å²) in [5.74, 6) is -0.926. The van der Waals surface area contributed by atoms with Gasteiger partial charge in [0.1, 0.15) is 0 Å². The molecule has 5 nitrogen and oxygen atoms in total. The molecule has 0 aliphatic rings. The third kappa shape index (κ3) is 10.1. The van der Waals surface area contributed by atoms with Gasteiger partial charge in [0.05, 0.1) is 6.42 Å². The predicted octanol–water partition coefficient (Wildman–Crippen LogP) is 1.34. The number of unbranched alkanes of at least 4 members (excludes halogenated alkanes) is 1. The van der Waals surface area contributed by atoms with Crippen LogP contribution in [0.5, 0.6) is 0 Å². The van der Waals surface area contributed by atoms with Crippen LogP contribution < -0.4 is 5.32 Å². The number of nitrogens with one attached hydrogen (secondary N) is 1. The summed E-state index contributed by atoms with van der Waals surface area (Å²) in [4.78, 5) is 24.4. The molecule has 0 aromatic carbocycles. The molecule has 0 radical (unpaired) electrons. The lowest BCUT2D eigenvalue weighted by Gasteiger charge is -2.21. The molecule has 0 rings (SSSR count). The minimum absolute atomic E-state index is 0.0149. The Kier molecular flexibility index (Phi) is 7.59.